The molecular formula is C17H15ClN4. The van der Waals surface area contributed by atoms with Crippen LogP contribution in [0.25, 0.3) is 11.4 Å². The zero-order chi connectivity index (χ0) is 15.5. The summed E-state index contributed by atoms with van der Waals surface area (Å²) in [6.45, 7) is 0.605. The van der Waals surface area contributed by atoms with Gasteiger partial charge in [0.05, 0.1) is 0 Å². The lowest BCUT2D eigenvalue weighted by Gasteiger charge is -2.11. The van der Waals surface area contributed by atoms with Crippen molar-refractivity contribution in [2.45, 2.75) is 6.54 Å². The van der Waals surface area contributed by atoms with Crippen LogP contribution in [-0.2, 0) is 6.54 Å². The number of nitrogens with one attached hydrogen (secondary N) is 1. The molecule has 0 bridgehead atoms. The molecule has 22 heavy (non-hydrogen) atoms. The Bertz CT molecular complexity index is 806. The molecule has 1 heterocycles. The van der Waals surface area contributed by atoms with E-state index >= 15 is 0 Å². The maximum atomic E-state index is 7.68. The Kier molecular flexibility index (Phi) is 3.94. The summed E-state index contributed by atoms with van der Waals surface area (Å²) in [5.41, 5.74) is 8.39. The van der Waals surface area contributed by atoms with Crippen molar-refractivity contribution in [1.29, 1.82) is 5.41 Å². The van der Waals surface area contributed by atoms with Crippen molar-refractivity contribution in [2.75, 3.05) is 0 Å². The van der Waals surface area contributed by atoms with Crippen LogP contribution in [0.2, 0.25) is 5.02 Å². The van der Waals surface area contributed by atoms with Crippen molar-refractivity contribution in [3.63, 3.8) is 0 Å². The lowest BCUT2D eigenvalue weighted by Crippen LogP contribution is -2.15. The molecule has 2 aromatic carbocycles. The largest absolute Gasteiger partial charge is 0.384 e. The maximum absolute atomic E-state index is 7.68. The highest BCUT2D eigenvalue weighted by molar-refractivity contribution is 6.30. The van der Waals surface area contributed by atoms with Crippen molar-refractivity contribution in [2.24, 2.45) is 5.73 Å². The number of amidine groups is 1. The monoisotopic (exact) mass is 310 g/mol. The second kappa shape index (κ2) is 6.03. The van der Waals surface area contributed by atoms with Gasteiger partial charge in [0, 0.05) is 35.1 Å². The van der Waals surface area contributed by atoms with Gasteiger partial charge in [0.1, 0.15) is 11.7 Å². The predicted molar refractivity (Wildman–Crippen MR) is 89.2 cm³/mol. The topological polar surface area (TPSA) is 67.7 Å². The van der Waals surface area contributed by atoms with Gasteiger partial charge in [-0.15, -0.1) is 0 Å². The highest BCUT2D eigenvalue weighted by Crippen LogP contribution is 2.21. The fourth-order valence-corrected chi connectivity index (χ4v) is 2.53. The fraction of sp³-hybridized carbons (Fsp3) is 0.0588. The van der Waals surface area contributed by atoms with Gasteiger partial charge in [-0.3, -0.25) is 5.41 Å². The number of nitrogen functional groups attached to an aromatic ring is 1. The van der Waals surface area contributed by atoms with Crippen molar-refractivity contribution in [1.82, 2.24) is 9.55 Å². The van der Waals surface area contributed by atoms with Crippen molar-refractivity contribution < 1.29 is 0 Å². The summed E-state index contributed by atoms with van der Waals surface area (Å²) in [5, 5.41) is 8.38. The molecule has 5 heteroatoms. The minimum Gasteiger partial charge on any atom is -0.384 e. The molecule has 0 aliphatic rings. The molecule has 3 rings (SSSR count). The van der Waals surface area contributed by atoms with Crippen LogP contribution < -0.4 is 5.73 Å². The Morgan fingerprint density at radius 3 is 2.59 bits per heavy atom. The first-order valence-electron chi connectivity index (χ1n) is 6.84. The summed E-state index contributed by atoms with van der Waals surface area (Å²) in [6, 6.07) is 15.2. The van der Waals surface area contributed by atoms with Gasteiger partial charge in [-0.05, 0) is 29.8 Å². The lowest BCUT2D eigenvalue weighted by atomic mass is 10.1. The zero-order valence-electron chi connectivity index (χ0n) is 11.8. The molecule has 0 amide bonds. The van der Waals surface area contributed by atoms with E-state index in [9.17, 15) is 0 Å². The number of hydrogen-bond donors (Lipinski definition) is 2. The Morgan fingerprint density at radius 2 is 1.86 bits per heavy atom. The van der Waals surface area contributed by atoms with Gasteiger partial charge in [-0.25, -0.2) is 4.98 Å². The molecule has 1 aromatic heterocycles. The first-order valence-corrected chi connectivity index (χ1v) is 7.22. The number of halogens is 1. The number of nitrogens with two attached hydrogens (primary N) is 1. The third kappa shape index (κ3) is 2.87. The Labute approximate surface area is 133 Å². The van der Waals surface area contributed by atoms with Gasteiger partial charge in [-0.1, -0.05) is 35.9 Å². The summed E-state index contributed by atoms with van der Waals surface area (Å²) in [6.07, 6.45) is 3.68. The molecule has 0 radical (unpaired) electrons. The molecule has 110 valence electrons. The lowest BCUT2D eigenvalue weighted by molar-refractivity contribution is 0.805. The minimum absolute atomic E-state index is 0.0729. The van der Waals surface area contributed by atoms with Gasteiger partial charge in [0.15, 0.2) is 0 Å². The van der Waals surface area contributed by atoms with Crippen molar-refractivity contribution in [3.8, 4) is 11.4 Å². The van der Waals surface area contributed by atoms with E-state index in [4.69, 9.17) is 22.7 Å². The quantitative estimate of drug-likeness (QED) is 0.571. The molecule has 0 aliphatic carbocycles. The number of hydrogen-bond acceptors (Lipinski definition) is 2. The summed E-state index contributed by atoms with van der Waals surface area (Å²) < 4.78 is 2.03. The van der Waals surface area contributed by atoms with Gasteiger partial charge in [0.2, 0.25) is 0 Å². The normalized spacial score (nSPS) is 10.6. The van der Waals surface area contributed by atoms with Crippen molar-refractivity contribution >= 4 is 17.4 Å². The summed E-state index contributed by atoms with van der Waals surface area (Å²) in [7, 11) is 0. The van der Waals surface area contributed by atoms with E-state index in [-0.39, 0.29) is 5.84 Å². The van der Waals surface area contributed by atoms with Crippen LogP contribution in [0, 0.1) is 5.41 Å². The molecule has 0 aliphatic heterocycles. The Morgan fingerprint density at radius 1 is 1.14 bits per heavy atom. The molecule has 0 saturated carbocycles. The highest BCUT2D eigenvalue weighted by Gasteiger charge is 2.09. The molecule has 0 unspecified atom stereocenters. The standard InChI is InChI=1S/C17H15ClN4/c18-14-7-5-12(6-8-14)17-21-9-10-22(17)11-13-3-1-2-4-15(13)16(19)20/h1-10H,11H2,(H3,19,20). The molecule has 3 aromatic rings. The first-order chi connectivity index (χ1) is 10.6. The number of imidazole rings is 1. The van der Waals surface area contributed by atoms with Crippen molar-refractivity contribution in [3.05, 3.63) is 77.1 Å². The minimum atomic E-state index is 0.0729. The van der Waals surface area contributed by atoms with E-state index in [1.165, 1.54) is 0 Å². The van der Waals surface area contributed by atoms with Gasteiger partial charge in [-0.2, -0.15) is 0 Å². The second-order valence-electron chi connectivity index (χ2n) is 4.96. The van der Waals surface area contributed by atoms with E-state index in [1.54, 1.807) is 6.20 Å². The summed E-state index contributed by atoms with van der Waals surface area (Å²) >= 11 is 5.93. The van der Waals surface area contributed by atoms with Gasteiger partial charge in [0.25, 0.3) is 0 Å². The van der Waals surface area contributed by atoms with Crippen LogP contribution >= 0.6 is 11.6 Å². The molecular weight excluding hydrogens is 296 g/mol. The average molecular weight is 311 g/mol. The Hall–Kier alpha value is -2.59. The van der Waals surface area contributed by atoms with Crippen LogP contribution in [0.15, 0.2) is 60.9 Å². The molecule has 0 atom stereocenters. The smallest absolute Gasteiger partial charge is 0.140 e. The maximum Gasteiger partial charge on any atom is 0.140 e. The number of benzene rings is 2. The summed E-state index contributed by atoms with van der Waals surface area (Å²) in [4.78, 5) is 4.42. The number of nitrogens with zero attached hydrogens (tertiary/aromatic N) is 2. The summed E-state index contributed by atoms with van der Waals surface area (Å²) in [5.74, 6) is 0.929. The average Bonchev–Trinajstić information content (AvgIpc) is 2.96. The number of aromatic nitrogens is 2. The molecule has 3 N–H and O–H groups in total. The fourth-order valence-electron chi connectivity index (χ4n) is 2.40. The van der Waals surface area contributed by atoms with E-state index in [1.807, 2.05) is 59.3 Å². The molecule has 0 spiro atoms. The zero-order valence-corrected chi connectivity index (χ0v) is 12.6. The van der Waals surface area contributed by atoms with E-state index in [0.29, 0.717) is 11.6 Å². The highest BCUT2D eigenvalue weighted by atomic mass is 35.5. The third-order valence-electron chi connectivity index (χ3n) is 3.47. The van der Waals surface area contributed by atoms with Crippen LogP contribution in [0.3, 0.4) is 0 Å². The SMILES string of the molecule is N=C(N)c1ccccc1Cn1ccnc1-c1ccc(Cl)cc1. The van der Waals surface area contributed by atoms with Crippen LogP contribution in [0.5, 0.6) is 0 Å². The molecule has 4 nitrogen and oxygen atoms in total. The number of rotatable bonds is 4. The molecule has 0 fully saturated rings. The van der Waals surface area contributed by atoms with Crippen LogP contribution in [0.4, 0.5) is 0 Å². The van der Waals surface area contributed by atoms with Crippen LogP contribution in [-0.4, -0.2) is 15.4 Å². The van der Waals surface area contributed by atoms with E-state index in [2.05, 4.69) is 4.98 Å². The van der Waals surface area contributed by atoms with Crippen LogP contribution in [0.1, 0.15) is 11.1 Å². The van der Waals surface area contributed by atoms with Gasteiger partial charge < -0.3 is 10.3 Å². The predicted octanol–water partition coefficient (Wildman–Crippen LogP) is 3.54. The first kappa shape index (κ1) is 14.4. The van der Waals surface area contributed by atoms with E-state index in [0.717, 1.165) is 22.5 Å². The Balaban J connectivity index is 1.97. The molecule has 0 saturated heterocycles. The third-order valence-corrected chi connectivity index (χ3v) is 3.72. The second-order valence-corrected chi connectivity index (χ2v) is 5.39. The van der Waals surface area contributed by atoms with E-state index < -0.39 is 0 Å². The van der Waals surface area contributed by atoms with Gasteiger partial charge >= 0.3 is 0 Å².